The predicted molar refractivity (Wildman–Crippen MR) is 288 cm³/mol. The third-order valence-electron chi connectivity index (χ3n) is 13.1. The second kappa shape index (κ2) is 49.7. The van der Waals surface area contributed by atoms with Crippen LogP contribution in [-0.4, -0.2) is 68.5 Å². The van der Waals surface area contributed by atoms with Gasteiger partial charge in [0.25, 0.3) is 7.82 Å². The highest BCUT2D eigenvalue weighted by Gasteiger charge is 2.23. The van der Waals surface area contributed by atoms with Crippen molar-refractivity contribution in [2.45, 2.75) is 289 Å². The van der Waals surface area contributed by atoms with Crippen LogP contribution in [0.1, 0.15) is 277 Å². The molecule has 0 aliphatic carbocycles. The van der Waals surface area contributed by atoms with Crippen LogP contribution in [0.25, 0.3) is 0 Å². The van der Waals surface area contributed by atoms with Crippen molar-refractivity contribution < 1.29 is 32.9 Å². The molecule has 0 aromatic heterocycles. The van der Waals surface area contributed by atoms with Crippen LogP contribution in [0, 0.1) is 0 Å². The van der Waals surface area contributed by atoms with Crippen LogP contribution in [0.2, 0.25) is 0 Å². The maximum atomic E-state index is 13.0. The van der Waals surface area contributed by atoms with Gasteiger partial charge in [0.05, 0.1) is 39.9 Å². The Labute approximate surface area is 417 Å². The fourth-order valence-corrected chi connectivity index (χ4v) is 9.24. The van der Waals surface area contributed by atoms with Gasteiger partial charge in [-0.1, -0.05) is 249 Å². The number of nitrogens with zero attached hydrogens (tertiary/aromatic N) is 1. The molecule has 3 atom stereocenters. The Morgan fingerprint density at radius 2 is 0.836 bits per heavy atom. The van der Waals surface area contributed by atoms with Crippen LogP contribution in [0.3, 0.4) is 0 Å². The lowest BCUT2D eigenvalue weighted by atomic mass is 10.0. The SMILES string of the molecule is CCCCCCCCCC/C=C\CCCCCCCCCCCC(=O)NC(COP(=O)([O-])OCC[N+](C)(C)C)C(O)/C=C/CC/C=C/CCCCCCCCCCCCCCCCCCCC. The third kappa shape index (κ3) is 52.4. The first kappa shape index (κ1) is 65.7. The van der Waals surface area contributed by atoms with Gasteiger partial charge in [-0.15, -0.1) is 0 Å². The number of carbonyl (C=O) groups is 1. The molecule has 0 aromatic carbocycles. The molecule has 1 amide bonds. The Balaban J connectivity index is 4.26. The number of rotatable bonds is 53. The Morgan fingerprint density at radius 1 is 0.507 bits per heavy atom. The van der Waals surface area contributed by atoms with Crippen LogP contribution in [0.5, 0.6) is 0 Å². The predicted octanol–water partition coefficient (Wildman–Crippen LogP) is 16.7. The van der Waals surface area contributed by atoms with Gasteiger partial charge in [-0.05, 0) is 57.8 Å². The molecular weight excluding hydrogens is 852 g/mol. The van der Waals surface area contributed by atoms with E-state index in [1.54, 1.807) is 6.08 Å². The van der Waals surface area contributed by atoms with Crippen molar-refractivity contribution in [2.75, 3.05) is 40.9 Å². The minimum atomic E-state index is -4.60. The van der Waals surface area contributed by atoms with Crippen LogP contribution in [0.15, 0.2) is 36.5 Å². The van der Waals surface area contributed by atoms with E-state index in [-0.39, 0.29) is 12.5 Å². The fourth-order valence-electron chi connectivity index (χ4n) is 8.52. The summed E-state index contributed by atoms with van der Waals surface area (Å²) in [6, 6.07) is -0.904. The molecule has 0 aliphatic heterocycles. The topological polar surface area (TPSA) is 108 Å². The number of phosphoric ester groups is 1. The molecule has 0 spiro atoms. The highest BCUT2D eigenvalue weighted by Crippen LogP contribution is 2.38. The molecule has 0 heterocycles. The van der Waals surface area contributed by atoms with Crippen LogP contribution >= 0.6 is 7.82 Å². The van der Waals surface area contributed by atoms with E-state index in [2.05, 4.69) is 43.5 Å². The van der Waals surface area contributed by atoms with E-state index in [1.165, 1.54) is 218 Å². The largest absolute Gasteiger partial charge is 0.756 e. The molecule has 8 nitrogen and oxygen atoms in total. The van der Waals surface area contributed by atoms with Gasteiger partial charge < -0.3 is 28.8 Å². The van der Waals surface area contributed by atoms with Crippen molar-refractivity contribution in [3.8, 4) is 0 Å². The summed E-state index contributed by atoms with van der Waals surface area (Å²) in [4.78, 5) is 25.5. The summed E-state index contributed by atoms with van der Waals surface area (Å²) in [6.07, 6.45) is 63.7. The molecule has 9 heteroatoms. The summed E-state index contributed by atoms with van der Waals surface area (Å²) in [5.41, 5.74) is 0. The van der Waals surface area contributed by atoms with E-state index in [9.17, 15) is 19.4 Å². The Hall–Kier alpha value is -1.28. The maximum absolute atomic E-state index is 13.0. The molecule has 67 heavy (non-hydrogen) atoms. The van der Waals surface area contributed by atoms with E-state index < -0.39 is 26.6 Å². The van der Waals surface area contributed by atoms with E-state index in [4.69, 9.17) is 9.05 Å². The van der Waals surface area contributed by atoms with Gasteiger partial charge in [0.1, 0.15) is 13.2 Å². The van der Waals surface area contributed by atoms with Gasteiger partial charge >= 0.3 is 0 Å². The molecule has 0 aliphatic rings. The summed E-state index contributed by atoms with van der Waals surface area (Å²) in [5, 5.41) is 13.9. The highest BCUT2D eigenvalue weighted by molar-refractivity contribution is 7.45. The standard InChI is InChI=1S/C58H113N2O6P/c1-6-8-10-12-14-16-18-20-22-24-26-28-29-30-32-33-35-37-39-41-43-45-47-49-51-57(61)56(55-66-67(63,64)65-54-53-60(3,4)5)59-58(62)52-50-48-46-44-42-40-38-36-34-31-27-25-23-21-19-17-15-13-11-9-7-2/h25,27,41,43,49,51,56-57,61H,6-24,26,28-40,42,44-48,50,52-55H2,1-5H3,(H-,59,62,63,64)/b27-25-,43-41+,51-49+. The zero-order chi connectivity index (χ0) is 49.2. The van der Waals surface area contributed by atoms with Crippen molar-refractivity contribution in [3.05, 3.63) is 36.5 Å². The molecule has 396 valence electrons. The average Bonchev–Trinajstić information content (AvgIpc) is 3.29. The molecule has 0 radical (unpaired) electrons. The lowest BCUT2D eigenvalue weighted by Gasteiger charge is -2.29. The molecule has 0 rings (SSSR count). The summed E-state index contributed by atoms with van der Waals surface area (Å²) in [7, 11) is 1.25. The minimum absolute atomic E-state index is 0.00606. The summed E-state index contributed by atoms with van der Waals surface area (Å²) in [5.74, 6) is -0.206. The number of amides is 1. The number of likely N-dealkylation sites (N-methyl/N-ethyl adjacent to an activating group) is 1. The van der Waals surface area contributed by atoms with Crippen molar-refractivity contribution in [1.29, 1.82) is 0 Å². The van der Waals surface area contributed by atoms with Gasteiger partial charge in [-0.25, -0.2) is 0 Å². The van der Waals surface area contributed by atoms with Crippen LogP contribution in [-0.2, 0) is 18.4 Å². The van der Waals surface area contributed by atoms with Gasteiger partial charge in [-0.2, -0.15) is 0 Å². The van der Waals surface area contributed by atoms with Crippen LogP contribution < -0.4 is 10.2 Å². The van der Waals surface area contributed by atoms with E-state index in [0.29, 0.717) is 17.4 Å². The number of aliphatic hydroxyl groups excluding tert-OH is 1. The summed E-state index contributed by atoms with van der Waals surface area (Å²) >= 11 is 0. The van der Waals surface area contributed by atoms with Crippen molar-refractivity contribution >= 4 is 13.7 Å². The first-order valence-electron chi connectivity index (χ1n) is 28.9. The first-order chi connectivity index (χ1) is 32.5. The van der Waals surface area contributed by atoms with Gasteiger partial charge in [0, 0.05) is 6.42 Å². The number of hydrogen-bond donors (Lipinski definition) is 2. The second-order valence-electron chi connectivity index (χ2n) is 21.0. The molecule has 0 saturated heterocycles. The first-order valence-corrected chi connectivity index (χ1v) is 30.3. The molecule has 3 unspecified atom stereocenters. The van der Waals surface area contributed by atoms with Gasteiger partial charge in [0.15, 0.2) is 0 Å². The second-order valence-corrected chi connectivity index (χ2v) is 22.4. The molecular formula is C58H113N2O6P. The summed E-state index contributed by atoms with van der Waals surface area (Å²) < 4.78 is 23.3. The number of phosphoric acid groups is 1. The number of allylic oxidation sites excluding steroid dienone is 5. The third-order valence-corrected chi connectivity index (χ3v) is 14.0. The normalized spacial score (nSPS) is 14.2. The van der Waals surface area contributed by atoms with Crippen molar-refractivity contribution in [1.82, 2.24) is 5.32 Å². The van der Waals surface area contributed by atoms with E-state index >= 15 is 0 Å². The molecule has 0 saturated carbocycles. The molecule has 0 bridgehead atoms. The number of carbonyl (C=O) groups excluding carboxylic acids is 1. The molecule has 2 N–H and O–H groups in total. The quantitative estimate of drug-likeness (QED) is 0.0272. The Bertz CT molecular complexity index is 1190. The lowest BCUT2D eigenvalue weighted by molar-refractivity contribution is -0.870. The zero-order valence-corrected chi connectivity index (χ0v) is 46.0. The minimum Gasteiger partial charge on any atom is -0.756 e. The Kier molecular flexibility index (Phi) is 48.7. The molecule has 0 fully saturated rings. The summed E-state index contributed by atoms with van der Waals surface area (Å²) in [6.45, 7) is 4.66. The van der Waals surface area contributed by atoms with Gasteiger partial charge in [0.2, 0.25) is 5.91 Å². The number of aliphatic hydroxyl groups is 1. The lowest BCUT2D eigenvalue weighted by Crippen LogP contribution is -2.45. The van der Waals surface area contributed by atoms with Crippen molar-refractivity contribution in [3.63, 3.8) is 0 Å². The fraction of sp³-hybridized carbons (Fsp3) is 0.879. The number of nitrogens with one attached hydrogen (secondary N) is 1. The number of hydrogen-bond acceptors (Lipinski definition) is 6. The monoisotopic (exact) mass is 965 g/mol. The number of unbranched alkanes of at least 4 members (excludes halogenated alkanes) is 36. The Morgan fingerprint density at radius 3 is 1.21 bits per heavy atom. The van der Waals surface area contributed by atoms with Crippen molar-refractivity contribution in [2.24, 2.45) is 0 Å². The molecule has 0 aromatic rings. The highest BCUT2D eigenvalue weighted by atomic mass is 31.2. The zero-order valence-electron chi connectivity index (χ0n) is 45.1. The smallest absolute Gasteiger partial charge is 0.268 e. The average molecular weight is 966 g/mol. The maximum Gasteiger partial charge on any atom is 0.268 e. The van der Waals surface area contributed by atoms with Gasteiger partial charge in [-0.3, -0.25) is 9.36 Å². The van der Waals surface area contributed by atoms with E-state index in [1.807, 2.05) is 27.2 Å². The number of quaternary nitrogens is 1. The van der Waals surface area contributed by atoms with Crippen LogP contribution in [0.4, 0.5) is 0 Å². The van der Waals surface area contributed by atoms with E-state index in [0.717, 1.165) is 38.5 Å².